The summed E-state index contributed by atoms with van der Waals surface area (Å²) in [6.07, 6.45) is 7.38. The first kappa shape index (κ1) is 28.8. The molecule has 1 aromatic carbocycles. The van der Waals surface area contributed by atoms with Crippen LogP contribution in [0.5, 0.6) is 5.88 Å². The van der Waals surface area contributed by atoms with Crippen LogP contribution in [-0.4, -0.2) is 69.8 Å². The zero-order chi connectivity index (χ0) is 30.7. The lowest BCUT2D eigenvalue weighted by Gasteiger charge is -2.48. The smallest absolute Gasteiger partial charge is 0.258 e. The topological polar surface area (TPSA) is 124 Å². The van der Waals surface area contributed by atoms with Crippen LogP contribution in [0.4, 0.5) is 11.6 Å². The number of aryl methyl sites for hydroxylation is 2. The lowest BCUT2D eigenvalue weighted by atomic mass is 9.91. The highest BCUT2D eigenvalue weighted by Gasteiger charge is 2.38. The van der Waals surface area contributed by atoms with E-state index in [0.717, 1.165) is 47.4 Å². The van der Waals surface area contributed by atoms with E-state index in [1.54, 1.807) is 23.0 Å². The number of hydrogen-bond acceptors (Lipinski definition) is 8. The number of nitrogens with one attached hydrogen (secondary N) is 1. The minimum atomic E-state index is -3.03. The van der Waals surface area contributed by atoms with Crippen LogP contribution in [-0.2, 0) is 23.4 Å². The number of hydrogen-bond donors (Lipinski definition) is 1. The van der Waals surface area contributed by atoms with Crippen LogP contribution in [0.25, 0.3) is 22.3 Å². The van der Waals surface area contributed by atoms with Crippen LogP contribution in [0.1, 0.15) is 48.7 Å². The molecule has 232 valence electrons. The largest absolute Gasteiger partial charge is 0.477 e. The molecule has 5 heterocycles. The van der Waals surface area contributed by atoms with Crippen LogP contribution in [0, 0.1) is 24.7 Å². The molecule has 0 spiro atoms. The molecule has 7 rings (SSSR count). The number of pyridine rings is 1. The van der Waals surface area contributed by atoms with Crippen molar-refractivity contribution < 1.29 is 17.9 Å². The molecule has 1 saturated heterocycles. The van der Waals surface area contributed by atoms with E-state index >= 15 is 0 Å². The Morgan fingerprint density at radius 2 is 1.89 bits per heavy atom. The van der Waals surface area contributed by atoms with Gasteiger partial charge in [0, 0.05) is 55.3 Å². The van der Waals surface area contributed by atoms with Crippen molar-refractivity contribution in [2.24, 2.45) is 24.8 Å². The first-order chi connectivity index (χ1) is 21.0. The average molecular weight is 618 g/mol. The standard InChI is InChI=1S/C32H39N7O4S/c1-19-12-23-13-27(34-19)26-15-33-37(3)31(26)43-11-5-6-22(21-7-8-21)16-39-29-10-9-25(14-28(29)35-32(39)36-30(23)40)38-17-24(20(38)2)18-44(4,41)42/h9-10,12-15,20-22,24H,5-8,11,16-18H2,1-4H3,(H,35,36,40). The van der Waals surface area contributed by atoms with Crippen LogP contribution in [0.15, 0.2) is 36.5 Å². The summed E-state index contributed by atoms with van der Waals surface area (Å²) in [5.74, 6) is 2.32. The van der Waals surface area contributed by atoms with Crippen LogP contribution >= 0.6 is 0 Å². The molecule has 11 nitrogen and oxygen atoms in total. The van der Waals surface area contributed by atoms with Gasteiger partial charge in [-0.1, -0.05) is 0 Å². The molecule has 4 aromatic rings. The lowest BCUT2D eigenvalue weighted by molar-refractivity contribution is 0.102. The molecule has 2 aliphatic heterocycles. The van der Waals surface area contributed by atoms with Gasteiger partial charge in [0.05, 0.1) is 40.8 Å². The van der Waals surface area contributed by atoms with Gasteiger partial charge < -0.3 is 14.2 Å². The molecular weight excluding hydrogens is 578 g/mol. The molecule has 1 amide bonds. The Kier molecular flexibility index (Phi) is 7.14. The number of sulfone groups is 1. The number of ether oxygens (including phenoxy) is 1. The van der Waals surface area contributed by atoms with Crippen molar-refractivity contribution in [2.75, 3.05) is 35.4 Å². The minimum absolute atomic E-state index is 0.111. The number of carbonyl (C=O) groups is 1. The fourth-order valence-electron chi connectivity index (χ4n) is 6.86. The number of fused-ring (bicyclic) bond motifs is 7. The zero-order valence-electron chi connectivity index (χ0n) is 25.7. The van der Waals surface area contributed by atoms with Crippen molar-refractivity contribution >= 4 is 38.4 Å². The van der Waals surface area contributed by atoms with Crippen molar-refractivity contribution in [1.29, 1.82) is 0 Å². The normalized spacial score (nSPS) is 22.7. The fourth-order valence-corrected chi connectivity index (χ4v) is 8.03. The van der Waals surface area contributed by atoms with E-state index in [2.05, 4.69) is 45.0 Å². The summed E-state index contributed by atoms with van der Waals surface area (Å²) >= 11 is 0. The number of imidazole rings is 1. The lowest BCUT2D eigenvalue weighted by Crippen LogP contribution is -2.57. The molecule has 3 unspecified atom stereocenters. The van der Waals surface area contributed by atoms with Gasteiger partial charge in [-0.25, -0.2) is 18.1 Å². The summed E-state index contributed by atoms with van der Waals surface area (Å²) in [6, 6.07) is 9.92. The molecular formula is C32H39N7O4S. The maximum absolute atomic E-state index is 13.8. The highest BCUT2D eigenvalue weighted by atomic mass is 32.2. The Labute approximate surface area is 257 Å². The van der Waals surface area contributed by atoms with E-state index in [-0.39, 0.29) is 23.6 Å². The molecule has 3 aliphatic rings. The zero-order valence-corrected chi connectivity index (χ0v) is 26.5. The molecule has 44 heavy (non-hydrogen) atoms. The first-order valence-corrected chi connectivity index (χ1v) is 17.5. The number of rotatable bonds is 4. The van der Waals surface area contributed by atoms with E-state index in [1.165, 1.54) is 19.1 Å². The van der Waals surface area contributed by atoms with Gasteiger partial charge in [-0.15, -0.1) is 0 Å². The molecule has 1 aliphatic carbocycles. The SMILES string of the molecule is Cc1cc2cc(n1)-c1cnn(C)c1OCCCC(C1CC1)Cn1c(nc3cc(N4CC(CS(C)(=O)=O)C4C)ccc31)NC2=O. The monoisotopic (exact) mass is 617 g/mol. The second-order valence-electron chi connectivity index (χ2n) is 12.9. The highest BCUT2D eigenvalue weighted by Crippen LogP contribution is 2.42. The molecule has 12 heteroatoms. The second-order valence-corrected chi connectivity index (χ2v) is 15.1. The third-order valence-electron chi connectivity index (χ3n) is 9.45. The van der Waals surface area contributed by atoms with E-state index in [1.807, 2.05) is 14.0 Å². The van der Waals surface area contributed by atoms with Gasteiger partial charge in [0.15, 0.2) is 0 Å². The van der Waals surface area contributed by atoms with Crippen molar-refractivity contribution in [2.45, 2.75) is 52.1 Å². The van der Waals surface area contributed by atoms with Crippen molar-refractivity contribution in [3.05, 3.63) is 47.8 Å². The molecule has 2 bridgehead atoms. The van der Waals surface area contributed by atoms with Crippen molar-refractivity contribution in [3.8, 4) is 17.1 Å². The summed E-state index contributed by atoms with van der Waals surface area (Å²) in [5.41, 5.74) is 5.40. The predicted octanol–water partition coefficient (Wildman–Crippen LogP) is 4.46. The van der Waals surface area contributed by atoms with Gasteiger partial charge in [0.2, 0.25) is 11.8 Å². The summed E-state index contributed by atoms with van der Waals surface area (Å²) < 4.78 is 33.9. The molecule has 0 radical (unpaired) electrons. The molecule has 3 atom stereocenters. The van der Waals surface area contributed by atoms with E-state index < -0.39 is 9.84 Å². The van der Waals surface area contributed by atoms with Crippen molar-refractivity contribution in [3.63, 3.8) is 0 Å². The molecule has 1 N–H and O–H groups in total. The second kappa shape index (κ2) is 10.9. The average Bonchev–Trinajstić information content (AvgIpc) is 3.68. The number of nitrogens with zero attached hydrogens (tertiary/aromatic N) is 6. The minimum Gasteiger partial charge on any atom is -0.477 e. The van der Waals surface area contributed by atoms with Gasteiger partial charge >= 0.3 is 0 Å². The Morgan fingerprint density at radius 3 is 2.64 bits per heavy atom. The number of carbonyl (C=O) groups excluding carboxylic acids is 1. The maximum Gasteiger partial charge on any atom is 0.258 e. The van der Waals surface area contributed by atoms with Crippen LogP contribution in [0.3, 0.4) is 0 Å². The van der Waals surface area contributed by atoms with Crippen LogP contribution in [0.2, 0.25) is 0 Å². The number of anilines is 2. The summed E-state index contributed by atoms with van der Waals surface area (Å²) in [4.78, 5) is 25.7. The van der Waals surface area contributed by atoms with E-state index in [4.69, 9.17) is 14.7 Å². The highest BCUT2D eigenvalue weighted by molar-refractivity contribution is 7.90. The predicted molar refractivity (Wildman–Crippen MR) is 170 cm³/mol. The summed E-state index contributed by atoms with van der Waals surface area (Å²) in [7, 11) is -1.17. The maximum atomic E-state index is 13.8. The summed E-state index contributed by atoms with van der Waals surface area (Å²) in [5, 5.41) is 7.55. The first-order valence-electron chi connectivity index (χ1n) is 15.4. The Morgan fingerprint density at radius 1 is 1.07 bits per heavy atom. The Bertz CT molecular complexity index is 1860. The third kappa shape index (κ3) is 5.55. The van der Waals surface area contributed by atoms with Gasteiger partial charge in [0.25, 0.3) is 5.91 Å². The Balaban J connectivity index is 1.26. The fraction of sp³-hybridized carbons (Fsp3) is 0.500. The van der Waals surface area contributed by atoms with Gasteiger partial charge in [-0.2, -0.15) is 5.10 Å². The third-order valence-corrected chi connectivity index (χ3v) is 10.5. The number of aromatic nitrogens is 5. The Hall–Kier alpha value is -3.93. The number of amides is 1. The van der Waals surface area contributed by atoms with Gasteiger partial charge in [-0.05, 0) is 81.7 Å². The van der Waals surface area contributed by atoms with Gasteiger partial charge in [0.1, 0.15) is 9.84 Å². The van der Waals surface area contributed by atoms with Gasteiger partial charge in [-0.3, -0.25) is 15.1 Å². The summed E-state index contributed by atoms with van der Waals surface area (Å²) in [6.45, 7) is 5.97. The van der Waals surface area contributed by atoms with E-state index in [0.29, 0.717) is 48.1 Å². The van der Waals surface area contributed by atoms with E-state index in [9.17, 15) is 13.2 Å². The molecule has 2 fully saturated rings. The molecule has 3 aromatic heterocycles. The molecule has 1 saturated carbocycles. The quantitative estimate of drug-likeness (QED) is 0.356. The number of benzene rings is 1. The van der Waals surface area contributed by atoms with Crippen LogP contribution < -0.4 is 15.0 Å². The van der Waals surface area contributed by atoms with Crippen molar-refractivity contribution in [1.82, 2.24) is 24.3 Å².